The van der Waals surface area contributed by atoms with Crippen molar-refractivity contribution < 1.29 is 4.79 Å². The Kier molecular flexibility index (Phi) is 4.65. The van der Waals surface area contributed by atoms with Crippen LogP contribution in [0.15, 0.2) is 72.8 Å². The lowest BCUT2D eigenvalue weighted by Crippen LogP contribution is -2.26. The van der Waals surface area contributed by atoms with Crippen LogP contribution in [0.1, 0.15) is 29.0 Å². The average molecular weight is 376 g/mol. The van der Waals surface area contributed by atoms with Crippen LogP contribution in [0.25, 0.3) is 22.0 Å². The lowest BCUT2D eigenvalue weighted by molar-refractivity contribution is 0.0935. The van der Waals surface area contributed by atoms with E-state index in [-0.39, 0.29) is 11.9 Å². The summed E-state index contributed by atoms with van der Waals surface area (Å²) >= 11 is 5.91. The number of carbonyl (C=O) groups is 1. The first-order chi connectivity index (χ1) is 13.1. The van der Waals surface area contributed by atoms with Crippen LogP contribution in [-0.4, -0.2) is 16.1 Å². The minimum Gasteiger partial charge on any atom is -0.344 e. The molecule has 134 valence electrons. The van der Waals surface area contributed by atoms with E-state index in [1.807, 2.05) is 37.3 Å². The van der Waals surface area contributed by atoms with Crippen LogP contribution >= 0.6 is 11.6 Å². The molecule has 1 amide bonds. The highest BCUT2D eigenvalue weighted by atomic mass is 35.5. The van der Waals surface area contributed by atoms with Gasteiger partial charge in [0.05, 0.1) is 11.7 Å². The normalized spacial score (nSPS) is 12.1. The topological polar surface area (TPSA) is 57.8 Å². The summed E-state index contributed by atoms with van der Waals surface area (Å²) in [6.45, 7) is 1.97. The average Bonchev–Trinajstić information content (AvgIpc) is 3.18. The zero-order valence-corrected chi connectivity index (χ0v) is 15.5. The molecule has 0 saturated carbocycles. The van der Waals surface area contributed by atoms with E-state index in [0.29, 0.717) is 16.4 Å². The molecule has 2 N–H and O–H groups in total. The number of aromatic amines is 1. The number of hydrogen-bond acceptors (Lipinski definition) is 2. The number of nitrogens with zero attached hydrogens (tertiary/aromatic N) is 1. The lowest BCUT2D eigenvalue weighted by Gasteiger charge is -2.14. The van der Waals surface area contributed by atoms with Gasteiger partial charge in [0.25, 0.3) is 5.91 Å². The third-order valence-corrected chi connectivity index (χ3v) is 4.84. The number of hydrogen-bond donors (Lipinski definition) is 2. The summed E-state index contributed by atoms with van der Waals surface area (Å²) in [5.74, 6) is -0.191. The van der Waals surface area contributed by atoms with E-state index >= 15 is 0 Å². The molecule has 1 aromatic heterocycles. The maximum atomic E-state index is 12.6. The lowest BCUT2D eigenvalue weighted by atomic mass is 10.0. The molecule has 0 bridgehead atoms. The van der Waals surface area contributed by atoms with Crippen molar-refractivity contribution in [1.82, 2.24) is 15.5 Å². The summed E-state index contributed by atoms with van der Waals surface area (Å²) in [4.78, 5) is 12.6. The second-order valence-electron chi connectivity index (χ2n) is 6.48. The molecule has 0 radical (unpaired) electrons. The quantitative estimate of drug-likeness (QED) is 0.503. The number of halogens is 1. The molecule has 1 heterocycles. The number of fused-ring (bicyclic) bond motifs is 1. The molecular formula is C22H18ClN3O. The van der Waals surface area contributed by atoms with E-state index < -0.39 is 0 Å². The highest BCUT2D eigenvalue weighted by Gasteiger charge is 2.15. The Hall–Kier alpha value is -3.11. The maximum absolute atomic E-state index is 12.6. The third-order valence-electron chi connectivity index (χ3n) is 4.58. The van der Waals surface area contributed by atoms with Crippen molar-refractivity contribution in [1.29, 1.82) is 0 Å². The zero-order valence-electron chi connectivity index (χ0n) is 14.7. The molecule has 4 nitrogen and oxygen atoms in total. The first-order valence-electron chi connectivity index (χ1n) is 8.71. The summed E-state index contributed by atoms with van der Waals surface area (Å²) < 4.78 is 0. The van der Waals surface area contributed by atoms with Crippen molar-refractivity contribution in [3.8, 4) is 11.3 Å². The van der Waals surface area contributed by atoms with Gasteiger partial charge in [0.15, 0.2) is 0 Å². The zero-order chi connectivity index (χ0) is 18.8. The van der Waals surface area contributed by atoms with E-state index in [9.17, 15) is 4.79 Å². The molecule has 4 aromatic rings. The number of aromatic nitrogens is 2. The number of nitrogens with one attached hydrogen (secondary N) is 2. The first kappa shape index (κ1) is 17.3. The standard InChI is InChI=1S/C22H18ClN3O/c1-14(17-7-6-15-4-2-3-5-18(15)12-17)24-22(27)21-13-20(25-26-21)16-8-10-19(23)11-9-16/h2-14H,1H3,(H,24,27)(H,25,26). The van der Waals surface area contributed by atoms with Gasteiger partial charge in [-0.15, -0.1) is 0 Å². The number of benzene rings is 3. The molecule has 1 atom stereocenters. The van der Waals surface area contributed by atoms with Crippen molar-refractivity contribution in [3.05, 3.63) is 89.1 Å². The fraction of sp³-hybridized carbons (Fsp3) is 0.0909. The highest BCUT2D eigenvalue weighted by molar-refractivity contribution is 6.30. The van der Waals surface area contributed by atoms with Crippen LogP contribution in [0.2, 0.25) is 5.02 Å². The van der Waals surface area contributed by atoms with Gasteiger partial charge in [-0.25, -0.2) is 0 Å². The number of rotatable bonds is 4. The van der Waals surface area contributed by atoms with Gasteiger partial charge >= 0.3 is 0 Å². The van der Waals surface area contributed by atoms with Gasteiger partial charge < -0.3 is 5.32 Å². The minimum atomic E-state index is -0.191. The van der Waals surface area contributed by atoms with Crippen LogP contribution in [0, 0.1) is 0 Å². The Balaban J connectivity index is 1.50. The van der Waals surface area contributed by atoms with Crippen LogP contribution in [0.4, 0.5) is 0 Å². The molecule has 0 fully saturated rings. The van der Waals surface area contributed by atoms with E-state index in [0.717, 1.165) is 16.5 Å². The predicted molar refractivity (Wildman–Crippen MR) is 109 cm³/mol. The van der Waals surface area contributed by atoms with Crippen LogP contribution < -0.4 is 5.32 Å². The van der Waals surface area contributed by atoms with Crippen molar-refractivity contribution in [3.63, 3.8) is 0 Å². The largest absolute Gasteiger partial charge is 0.344 e. The van der Waals surface area contributed by atoms with Gasteiger partial charge in [-0.05, 0) is 47.5 Å². The minimum absolute atomic E-state index is 0.121. The molecule has 4 rings (SSSR count). The Morgan fingerprint density at radius 3 is 2.52 bits per heavy atom. The SMILES string of the molecule is CC(NC(=O)c1cc(-c2ccc(Cl)cc2)n[nH]1)c1ccc2ccccc2c1. The Morgan fingerprint density at radius 2 is 1.74 bits per heavy atom. The van der Waals surface area contributed by atoms with E-state index in [4.69, 9.17) is 11.6 Å². The Bertz CT molecular complexity index is 1100. The van der Waals surface area contributed by atoms with Crippen molar-refractivity contribution in [2.24, 2.45) is 0 Å². The van der Waals surface area contributed by atoms with Crippen LogP contribution in [-0.2, 0) is 0 Å². The number of H-pyrrole nitrogens is 1. The van der Waals surface area contributed by atoms with Gasteiger partial charge in [0, 0.05) is 10.6 Å². The van der Waals surface area contributed by atoms with E-state index in [1.54, 1.807) is 18.2 Å². The molecule has 0 spiro atoms. The van der Waals surface area contributed by atoms with Gasteiger partial charge in [-0.1, -0.05) is 60.1 Å². The molecule has 0 aliphatic rings. The van der Waals surface area contributed by atoms with Gasteiger partial charge in [-0.2, -0.15) is 5.10 Å². The summed E-state index contributed by atoms with van der Waals surface area (Å²) in [5, 5.41) is 13.1. The molecule has 0 aliphatic carbocycles. The maximum Gasteiger partial charge on any atom is 0.269 e. The van der Waals surface area contributed by atoms with Crippen molar-refractivity contribution in [2.75, 3.05) is 0 Å². The van der Waals surface area contributed by atoms with Gasteiger partial charge in [0.1, 0.15) is 5.69 Å². The van der Waals surface area contributed by atoms with E-state index in [2.05, 4.69) is 39.8 Å². The first-order valence-corrected chi connectivity index (χ1v) is 9.09. The molecule has 3 aromatic carbocycles. The Labute approximate surface area is 162 Å². The number of amides is 1. The monoisotopic (exact) mass is 375 g/mol. The molecule has 5 heteroatoms. The molecule has 1 unspecified atom stereocenters. The molecule has 0 aliphatic heterocycles. The molecule has 27 heavy (non-hydrogen) atoms. The van der Waals surface area contributed by atoms with Crippen molar-refractivity contribution >= 4 is 28.3 Å². The fourth-order valence-electron chi connectivity index (χ4n) is 3.04. The predicted octanol–water partition coefficient (Wildman–Crippen LogP) is 5.37. The highest BCUT2D eigenvalue weighted by Crippen LogP contribution is 2.22. The summed E-state index contributed by atoms with van der Waals surface area (Å²) in [5.41, 5.74) is 3.08. The second kappa shape index (κ2) is 7.25. The summed E-state index contributed by atoms with van der Waals surface area (Å²) in [6, 6.07) is 23.4. The van der Waals surface area contributed by atoms with Gasteiger partial charge in [-0.3, -0.25) is 9.89 Å². The third kappa shape index (κ3) is 3.71. The summed E-state index contributed by atoms with van der Waals surface area (Å²) in [6.07, 6.45) is 0. The Morgan fingerprint density at radius 1 is 1.00 bits per heavy atom. The number of carbonyl (C=O) groups excluding carboxylic acids is 1. The van der Waals surface area contributed by atoms with Gasteiger partial charge in [0.2, 0.25) is 0 Å². The molecule has 0 saturated heterocycles. The second-order valence-corrected chi connectivity index (χ2v) is 6.91. The smallest absolute Gasteiger partial charge is 0.269 e. The van der Waals surface area contributed by atoms with Crippen LogP contribution in [0.5, 0.6) is 0 Å². The van der Waals surface area contributed by atoms with Crippen molar-refractivity contribution in [2.45, 2.75) is 13.0 Å². The van der Waals surface area contributed by atoms with Crippen LogP contribution in [0.3, 0.4) is 0 Å². The van der Waals surface area contributed by atoms with E-state index in [1.165, 1.54) is 5.39 Å². The summed E-state index contributed by atoms with van der Waals surface area (Å²) in [7, 11) is 0. The fourth-order valence-corrected chi connectivity index (χ4v) is 3.17. The molecular weight excluding hydrogens is 358 g/mol.